The van der Waals surface area contributed by atoms with Crippen LogP contribution in [0.15, 0.2) is 79.9 Å². The lowest BCUT2D eigenvalue weighted by Gasteiger charge is -2.37. The molecule has 3 aliphatic carbocycles. The van der Waals surface area contributed by atoms with Crippen molar-refractivity contribution >= 4 is 46.3 Å². The van der Waals surface area contributed by atoms with Crippen molar-refractivity contribution in [3.05, 3.63) is 97.0 Å². The average Bonchev–Trinajstić information content (AvgIpc) is 1.63. The van der Waals surface area contributed by atoms with Crippen molar-refractivity contribution in [1.29, 1.82) is 5.26 Å². The fraction of sp³-hybridized carbons (Fsp3) is 0.551. The highest BCUT2D eigenvalue weighted by Crippen LogP contribution is 2.44. The molecule has 524 valence electrons. The molecular weight excluding hydrogens is 1280 g/mol. The molecule has 3 saturated carbocycles. The van der Waals surface area contributed by atoms with E-state index in [-0.39, 0.29) is 73.4 Å². The number of hydrogen-bond donors (Lipinski definition) is 4. The van der Waals surface area contributed by atoms with Gasteiger partial charge in [0.25, 0.3) is 0 Å². The molecular formula is C69H85F2N19O9. The molecule has 5 aliphatic rings. The molecule has 9 aromatic rings. The zero-order chi connectivity index (χ0) is 68.3. The summed E-state index contributed by atoms with van der Waals surface area (Å²) in [6.07, 6.45) is 22.7. The molecule has 0 spiro atoms. The van der Waals surface area contributed by atoms with Gasteiger partial charge in [0.2, 0.25) is 17.8 Å². The molecule has 28 nitrogen and oxygen atoms in total. The number of hydrogen-bond acceptors (Lipinski definition) is 22. The number of anilines is 4. The number of cyclic esters (lactones) is 1. The topological polar surface area (TPSA) is 304 Å². The number of aliphatic hydroxyl groups excluding tert-OH is 1. The Hall–Kier alpha value is -8.83. The predicted octanol–water partition coefficient (Wildman–Crippen LogP) is 10.5. The van der Waals surface area contributed by atoms with Crippen molar-refractivity contribution in [3.63, 3.8) is 0 Å². The third kappa shape index (κ3) is 14.8. The number of halogens is 2. The molecule has 9 aromatic heterocycles. The highest BCUT2D eigenvalue weighted by molar-refractivity contribution is 5.91. The summed E-state index contributed by atoms with van der Waals surface area (Å²) < 4.78 is 76.5. The Morgan fingerprint density at radius 1 is 0.646 bits per heavy atom. The van der Waals surface area contributed by atoms with E-state index in [0.717, 1.165) is 138 Å². The fourth-order valence-corrected chi connectivity index (χ4v) is 14.8. The van der Waals surface area contributed by atoms with E-state index in [4.69, 9.17) is 63.8 Å². The minimum absolute atomic E-state index is 0.00651. The Bertz CT molecular complexity index is 4290. The van der Waals surface area contributed by atoms with Crippen LogP contribution in [0.1, 0.15) is 152 Å². The van der Waals surface area contributed by atoms with Gasteiger partial charge in [-0.3, -0.25) is 4.68 Å². The molecule has 3 unspecified atom stereocenters. The number of nitrogens with one attached hydrogen (secondary N) is 3. The number of nitrogens with zero attached hydrogens (tertiary/aromatic N) is 16. The van der Waals surface area contributed by atoms with Gasteiger partial charge in [-0.2, -0.15) is 24.2 Å². The third-order valence-corrected chi connectivity index (χ3v) is 19.8. The predicted molar refractivity (Wildman–Crippen MR) is 360 cm³/mol. The number of alkyl halides is 2. The Labute approximate surface area is 570 Å². The van der Waals surface area contributed by atoms with E-state index in [1.807, 2.05) is 69.0 Å². The van der Waals surface area contributed by atoms with Gasteiger partial charge in [-0.25, -0.2) is 47.9 Å². The Balaban J connectivity index is 0.673. The number of carbonyl (C=O) groups excluding carboxylic acids is 1. The summed E-state index contributed by atoms with van der Waals surface area (Å²) >= 11 is 0. The molecule has 14 rings (SSSR count). The number of rotatable bonds is 28. The van der Waals surface area contributed by atoms with Gasteiger partial charge in [0.05, 0.1) is 105 Å². The fourth-order valence-electron chi connectivity index (χ4n) is 14.8. The molecule has 99 heavy (non-hydrogen) atoms. The van der Waals surface area contributed by atoms with E-state index >= 15 is 0 Å². The number of ether oxygens (including phenoxy) is 7. The standard InChI is InChI=1S/C69H85F2N19O9/c1-40(36-93-4)79-66-74-31-58-52(26-55(88(58)82-66)45-11-17-51(18-12-45)99-64(61-20-24-95-61)86-35-48(30-78-86)54-28-56(43-7-13-49(91)14-8-43)89-60(54)33-75-67(83-89)80-41(2)37-94-5)46-19-22-73-62(25-46)87-63(39-97-69(87)92)98-50-15-9-44(10-16-50)57-27-53(47-29-77-85(34-47)23-6-21-72)59-32-76-68(84-90(57)59)81-42(3)38-96-65(70)71/h19,22,25-35,40-45,49-51,61,63-65,91H,6-18,20,23-24,36-39H2,1-5H3,(H,79,82)(H,80,83)(H,81,84)/t40-,41-,42-,43-,44-,45-,49-,50-,51-,61?,63?,64?/m0/s1. The summed E-state index contributed by atoms with van der Waals surface area (Å²) in [6, 6.07) is 12.0. The van der Waals surface area contributed by atoms with Gasteiger partial charge in [-0.15, -0.1) is 15.3 Å². The zero-order valence-electron chi connectivity index (χ0n) is 56.3. The van der Waals surface area contributed by atoms with Crippen LogP contribution in [-0.2, 0) is 39.7 Å². The first-order chi connectivity index (χ1) is 48.2. The molecule has 4 N–H and O–H groups in total. The average molecular weight is 1360 g/mol. The summed E-state index contributed by atoms with van der Waals surface area (Å²) in [6.45, 7) is 4.72. The molecule has 30 heteroatoms. The van der Waals surface area contributed by atoms with Gasteiger partial charge in [0, 0.05) is 127 Å². The number of carbonyl (C=O) groups is 1. The Morgan fingerprint density at radius 2 is 1.16 bits per heavy atom. The van der Waals surface area contributed by atoms with Crippen LogP contribution in [0, 0.1) is 11.3 Å². The quantitative estimate of drug-likeness (QED) is 0.0354. The summed E-state index contributed by atoms with van der Waals surface area (Å²) in [5.41, 5.74) is 10.8. The van der Waals surface area contributed by atoms with Crippen molar-refractivity contribution in [1.82, 2.24) is 68.3 Å². The number of aromatic nitrogens is 14. The van der Waals surface area contributed by atoms with Crippen LogP contribution in [0.5, 0.6) is 0 Å². The maximum absolute atomic E-state index is 13.8. The number of pyridine rings is 1. The van der Waals surface area contributed by atoms with Gasteiger partial charge < -0.3 is 54.2 Å². The largest absolute Gasteiger partial charge is 0.444 e. The maximum atomic E-state index is 13.8. The molecule has 2 aliphatic heterocycles. The number of aliphatic hydroxyl groups is 1. The van der Waals surface area contributed by atoms with Crippen LogP contribution in [0.2, 0.25) is 0 Å². The van der Waals surface area contributed by atoms with E-state index < -0.39 is 31.2 Å². The lowest BCUT2D eigenvalue weighted by Crippen LogP contribution is -2.40. The van der Waals surface area contributed by atoms with Gasteiger partial charge in [0.1, 0.15) is 18.5 Å². The maximum Gasteiger partial charge on any atom is 0.417 e. The lowest BCUT2D eigenvalue weighted by atomic mass is 9.85. The molecule has 5 fully saturated rings. The van der Waals surface area contributed by atoms with Crippen LogP contribution in [0.25, 0.3) is 49.9 Å². The van der Waals surface area contributed by atoms with E-state index in [1.165, 1.54) is 4.90 Å². The Kier molecular flexibility index (Phi) is 20.4. The molecule has 2 saturated heterocycles. The van der Waals surface area contributed by atoms with Gasteiger partial charge in [0.15, 0.2) is 12.5 Å². The van der Waals surface area contributed by atoms with Gasteiger partial charge in [-0.05, 0) is 134 Å². The summed E-state index contributed by atoms with van der Waals surface area (Å²) in [7, 11) is 3.34. The van der Waals surface area contributed by atoms with Gasteiger partial charge in [-0.1, -0.05) is 0 Å². The summed E-state index contributed by atoms with van der Waals surface area (Å²) in [5, 5.41) is 54.0. The molecule has 0 bridgehead atoms. The number of fused-ring (bicyclic) bond motifs is 3. The second-order valence-corrected chi connectivity index (χ2v) is 27.0. The monoisotopic (exact) mass is 1360 g/mol. The van der Waals surface area contributed by atoms with Crippen molar-refractivity contribution in [2.75, 3.05) is 68.1 Å². The lowest BCUT2D eigenvalue weighted by molar-refractivity contribution is -0.193. The first-order valence-corrected chi connectivity index (χ1v) is 34.5. The third-order valence-electron chi connectivity index (χ3n) is 19.8. The minimum atomic E-state index is -2.90. The van der Waals surface area contributed by atoms with Crippen molar-refractivity contribution in [2.24, 2.45) is 0 Å². The van der Waals surface area contributed by atoms with Crippen LogP contribution in [-0.4, -0.2) is 182 Å². The van der Waals surface area contributed by atoms with Crippen molar-refractivity contribution in [2.45, 2.75) is 197 Å². The van der Waals surface area contributed by atoms with E-state index in [0.29, 0.717) is 63.3 Å². The van der Waals surface area contributed by atoms with Gasteiger partial charge >= 0.3 is 12.7 Å². The molecule has 0 radical (unpaired) electrons. The highest BCUT2D eigenvalue weighted by atomic mass is 19.3. The smallest absolute Gasteiger partial charge is 0.417 e. The molecule has 6 atom stereocenters. The second-order valence-electron chi connectivity index (χ2n) is 27.0. The SMILES string of the molecule is COC[C@H](C)Nc1ncc2c(-c3cnn(C(O[C@H]4CC[C@H](c5cc(-c6ccnc(N7C(=O)OCC7O[C@H]7CC[C@H](c8cc(-c9cnn(CCC#N)c9)c9cnc(N[C@@H](C)COC(F)F)nn98)CC7)c6)c6cnc(N[C@@H](C)COC)nn65)CC4)C4CCO4)c3)cc([C@H]3CC[C@H](O)CC3)n2n1. The Morgan fingerprint density at radius 3 is 1.69 bits per heavy atom. The van der Waals surface area contributed by atoms with Crippen LogP contribution >= 0.6 is 0 Å². The van der Waals surface area contributed by atoms with E-state index in [9.17, 15) is 23.9 Å². The number of aryl methyl sites for hydroxylation is 1. The van der Waals surface area contributed by atoms with Crippen LogP contribution < -0.4 is 20.9 Å². The van der Waals surface area contributed by atoms with Crippen molar-refractivity contribution < 1.29 is 51.8 Å². The zero-order valence-corrected chi connectivity index (χ0v) is 56.3. The number of methoxy groups -OCH3 is 2. The molecule has 0 aromatic carbocycles. The highest BCUT2D eigenvalue weighted by Gasteiger charge is 2.41. The molecule has 11 heterocycles. The van der Waals surface area contributed by atoms with E-state index in [1.54, 1.807) is 44.4 Å². The summed E-state index contributed by atoms with van der Waals surface area (Å²) in [5.74, 6) is 2.01. The first-order valence-electron chi connectivity index (χ1n) is 34.5. The number of amides is 1. The minimum Gasteiger partial charge on any atom is -0.444 e. The normalized spacial score (nSPS) is 23.3. The molecule has 1 amide bonds. The summed E-state index contributed by atoms with van der Waals surface area (Å²) in [4.78, 5) is 34.2. The van der Waals surface area contributed by atoms with E-state index in [2.05, 4.69) is 61.2 Å². The van der Waals surface area contributed by atoms with Crippen LogP contribution in [0.3, 0.4) is 0 Å². The van der Waals surface area contributed by atoms with Crippen LogP contribution in [0.4, 0.5) is 37.2 Å². The number of nitriles is 1. The first kappa shape index (κ1) is 67.4. The second kappa shape index (κ2) is 29.9. The van der Waals surface area contributed by atoms with Crippen molar-refractivity contribution in [3.8, 4) is 39.4 Å².